The number of hydrogen-bond donors (Lipinski definition) is 7. The lowest BCUT2D eigenvalue weighted by Crippen LogP contribution is -2.55. The molecule has 1 aromatic heterocycles. The Kier molecular flexibility index (Phi) is 10.8. The van der Waals surface area contributed by atoms with E-state index in [9.17, 15) is 40.2 Å². The quantitative estimate of drug-likeness (QED) is 0.173. The van der Waals surface area contributed by atoms with Crippen LogP contribution in [0.1, 0.15) is 48.3 Å². The molecule has 1 amide bonds. The van der Waals surface area contributed by atoms with Crippen molar-refractivity contribution in [2.45, 2.75) is 75.4 Å². The molecule has 194 valence electrons. The van der Waals surface area contributed by atoms with Gasteiger partial charge in [-0.05, 0) is 26.8 Å². The van der Waals surface area contributed by atoms with Gasteiger partial charge in [0.1, 0.15) is 59.1 Å². The largest absolute Gasteiger partial charge is 0.463 e. The average Bonchev–Trinajstić information content (AvgIpc) is 3.20. The van der Waals surface area contributed by atoms with Crippen LogP contribution < -0.4 is 5.32 Å². The molecule has 7 N–H and O–H groups in total. The minimum atomic E-state index is -1.71. The maximum atomic E-state index is 12.1. The number of furan rings is 1. The number of amides is 1. The molecule has 13 heteroatoms. The third-order valence-electron chi connectivity index (χ3n) is 5.37. The van der Waals surface area contributed by atoms with Crippen molar-refractivity contribution < 1.29 is 54.1 Å². The molecule has 34 heavy (non-hydrogen) atoms. The van der Waals surface area contributed by atoms with Gasteiger partial charge in [-0.25, -0.2) is 4.79 Å². The minimum absolute atomic E-state index is 0.0179. The molecule has 0 unspecified atom stereocenters. The first-order valence-corrected chi connectivity index (χ1v) is 11.9. The predicted molar refractivity (Wildman–Crippen MR) is 119 cm³/mol. The van der Waals surface area contributed by atoms with E-state index in [1.54, 1.807) is 13.8 Å². The monoisotopic (exact) mass is 507 g/mol. The van der Waals surface area contributed by atoms with E-state index in [4.69, 9.17) is 13.9 Å². The summed E-state index contributed by atoms with van der Waals surface area (Å²) in [5, 5.41) is 62.6. The lowest BCUT2D eigenvalue weighted by Gasteiger charge is -2.38. The van der Waals surface area contributed by atoms with Gasteiger partial charge in [0.25, 0.3) is 0 Å². The van der Waals surface area contributed by atoms with Gasteiger partial charge in [0.15, 0.2) is 0 Å². The Labute approximate surface area is 200 Å². The lowest BCUT2D eigenvalue weighted by molar-refractivity contribution is -0.192. The molecular formula is C21H33NO11S. The second-order valence-corrected chi connectivity index (χ2v) is 9.15. The fourth-order valence-corrected chi connectivity index (χ4v) is 4.44. The Morgan fingerprint density at radius 3 is 2.50 bits per heavy atom. The van der Waals surface area contributed by atoms with E-state index in [1.165, 1.54) is 13.0 Å². The summed E-state index contributed by atoms with van der Waals surface area (Å²) in [7, 11) is 0. The summed E-state index contributed by atoms with van der Waals surface area (Å²) in [4.78, 5) is 23.9. The predicted octanol–water partition coefficient (Wildman–Crippen LogP) is -1.41. The van der Waals surface area contributed by atoms with Crippen molar-refractivity contribution in [1.29, 1.82) is 0 Å². The fourth-order valence-electron chi connectivity index (χ4n) is 3.29. The maximum absolute atomic E-state index is 12.1. The number of aryl methyl sites for hydroxylation is 1. The molecule has 1 saturated heterocycles. The molecular weight excluding hydrogens is 474 g/mol. The van der Waals surface area contributed by atoms with Gasteiger partial charge in [0.05, 0.1) is 12.7 Å². The Balaban J connectivity index is 1.78. The molecule has 8 atom stereocenters. The van der Waals surface area contributed by atoms with Crippen molar-refractivity contribution in [2.75, 3.05) is 18.9 Å². The molecule has 2 heterocycles. The van der Waals surface area contributed by atoms with Gasteiger partial charge in [0.2, 0.25) is 5.91 Å². The minimum Gasteiger partial charge on any atom is -0.463 e. The Bertz CT molecular complexity index is 819. The average molecular weight is 508 g/mol. The number of hydrogen-bond acceptors (Lipinski definition) is 12. The lowest BCUT2D eigenvalue weighted by atomic mass is 10.0. The van der Waals surface area contributed by atoms with Gasteiger partial charge < -0.3 is 49.8 Å². The molecule has 0 aromatic carbocycles. The van der Waals surface area contributed by atoms with Gasteiger partial charge in [-0.1, -0.05) is 0 Å². The van der Waals surface area contributed by atoms with Crippen molar-refractivity contribution in [3.63, 3.8) is 0 Å². The van der Waals surface area contributed by atoms with Crippen molar-refractivity contribution >= 4 is 23.6 Å². The molecule has 2 rings (SSSR count). The first kappa shape index (κ1) is 28.5. The van der Waals surface area contributed by atoms with Crippen molar-refractivity contribution in [1.82, 2.24) is 5.32 Å². The first-order valence-electron chi connectivity index (χ1n) is 10.9. The van der Waals surface area contributed by atoms with Crippen LogP contribution in [0.5, 0.6) is 0 Å². The highest BCUT2D eigenvalue weighted by molar-refractivity contribution is 7.99. The van der Waals surface area contributed by atoms with Gasteiger partial charge >= 0.3 is 5.97 Å². The normalized spacial score (nSPS) is 27.6. The van der Waals surface area contributed by atoms with Crippen LogP contribution in [-0.4, -0.2) is 103 Å². The molecule has 0 bridgehead atoms. The molecule has 0 saturated carbocycles. The molecule has 0 aliphatic carbocycles. The Hall–Kier alpha value is -1.71. The van der Waals surface area contributed by atoms with E-state index in [-0.39, 0.29) is 42.4 Å². The van der Waals surface area contributed by atoms with Gasteiger partial charge in [-0.2, -0.15) is 0 Å². The molecule has 1 aliphatic heterocycles. The highest BCUT2D eigenvalue weighted by atomic mass is 32.2. The van der Waals surface area contributed by atoms with Crippen LogP contribution >= 0.6 is 11.8 Å². The van der Waals surface area contributed by atoms with Crippen LogP contribution in [0.4, 0.5) is 0 Å². The van der Waals surface area contributed by atoms with E-state index in [0.29, 0.717) is 0 Å². The highest BCUT2D eigenvalue weighted by Gasteiger charge is 2.41. The summed E-state index contributed by atoms with van der Waals surface area (Å²) in [5.41, 5.74) is -0.730. The Morgan fingerprint density at radius 1 is 1.18 bits per heavy atom. The number of nitrogens with one attached hydrogen (secondary N) is 1. The van der Waals surface area contributed by atoms with Gasteiger partial charge in [-0.3, -0.25) is 4.79 Å². The number of carbonyl (C=O) groups is 2. The van der Waals surface area contributed by atoms with Crippen molar-refractivity contribution in [3.05, 3.63) is 23.2 Å². The number of aliphatic hydroxyl groups excluding tert-OH is 6. The van der Waals surface area contributed by atoms with Crippen LogP contribution in [0.15, 0.2) is 10.5 Å². The topological polar surface area (TPSA) is 199 Å². The zero-order valence-corrected chi connectivity index (χ0v) is 20.0. The summed E-state index contributed by atoms with van der Waals surface area (Å²) in [6.45, 7) is 4.47. The number of aliphatic hydroxyl groups is 6. The Morgan fingerprint density at radius 2 is 1.85 bits per heavy atom. The number of ether oxygens (including phenoxy) is 2. The van der Waals surface area contributed by atoms with Crippen LogP contribution in [0.25, 0.3) is 0 Å². The summed E-state index contributed by atoms with van der Waals surface area (Å²) < 4.78 is 15.6. The van der Waals surface area contributed by atoms with E-state index in [2.05, 4.69) is 5.32 Å². The third-order valence-corrected chi connectivity index (χ3v) is 6.53. The summed E-state index contributed by atoms with van der Waals surface area (Å²) in [5.74, 6) is -0.850. The van der Waals surface area contributed by atoms with Crippen molar-refractivity contribution in [3.8, 4) is 0 Å². The van der Waals surface area contributed by atoms with E-state index >= 15 is 0 Å². The highest BCUT2D eigenvalue weighted by Crippen LogP contribution is 2.29. The smallest absolute Gasteiger partial charge is 0.341 e. The van der Waals surface area contributed by atoms with Gasteiger partial charge in [0, 0.05) is 18.7 Å². The van der Waals surface area contributed by atoms with Gasteiger partial charge in [-0.15, -0.1) is 11.8 Å². The number of rotatable bonds is 11. The molecule has 0 radical (unpaired) electrons. The number of esters is 1. The zero-order chi connectivity index (χ0) is 25.6. The third kappa shape index (κ3) is 7.15. The molecule has 1 aliphatic rings. The zero-order valence-electron chi connectivity index (χ0n) is 19.2. The van der Waals surface area contributed by atoms with Crippen LogP contribution in [0.2, 0.25) is 0 Å². The van der Waals surface area contributed by atoms with Crippen molar-refractivity contribution in [2.24, 2.45) is 0 Å². The van der Waals surface area contributed by atoms with E-state index < -0.39 is 60.0 Å². The van der Waals surface area contributed by atoms with E-state index in [0.717, 1.165) is 11.8 Å². The summed E-state index contributed by atoms with van der Waals surface area (Å²) >= 11 is 1.09. The van der Waals surface area contributed by atoms with Crippen LogP contribution in [0.3, 0.4) is 0 Å². The fraction of sp³-hybridized carbons (Fsp3) is 0.714. The summed E-state index contributed by atoms with van der Waals surface area (Å²) in [6.07, 6.45) is -9.48. The standard InChI is InChI=1S/C21H33NO11S/c1-4-31-20(30)11-7-13(32-9(11)2)17(27)16(26)12(23)8-22-14(24)5-6-34-21-19(29)18(28)15(25)10(3)33-21/h7,10,12,15-19,21,23,25-29H,4-6,8H2,1-3H3,(H,22,24)/t10-,12+,15+,16+,17+,18+,19-,21+/m0/s1. The molecule has 1 aromatic rings. The number of thioether (sulfide) groups is 1. The van der Waals surface area contributed by atoms with E-state index in [1.807, 2.05) is 0 Å². The maximum Gasteiger partial charge on any atom is 0.341 e. The van der Waals surface area contributed by atoms with Crippen LogP contribution in [0, 0.1) is 6.92 Å². The number of carbonyl (C=O) groups excluding carboxylic acids is 2. The molecule has 12 nitrogen and oxygen atoms in total. The SMILES string of the molecule is CCOC(=O)c1cc([C@@H](O)[C@H](O)[C@H](O)CNC(=O)CCS[C@H]2O[C@@H](C)[C@@H](O)[C@@H](O)[C@@H]2O)oc1C. The second kappa shape index (κ2) is 12.8. The summed E-state index contributed by atoms with van der Waals surface area (Å²) in [6, 6.07) is 1.22. The van der Waals surface area contributed by atoms with Crippen LogP contribution in [-0.2, 0) is 14.3 Å². The molecule has 1 fully saturated rings. The molecule has 0 spiro atoms. The first-order chi connectivity index (χ1) is 16.0. The second-order valence-electron chi connectivity index (χ2n) is 7.95.